The van der Waals surface area contributed by atoms with Crippen LogP contribution >= 0.6 is 0 Å². The summed E-state index contributed by atoms with van der Waals surface area (Å²) >= 11 is 0. The van der Waals surface area contributed by atoms with Crippen molar-refractivity contribution in [3.63, 3.8) is 0 Å². The third kappa shape index (κ3) is 3.44. The molecule has 2 rings (SSSR count). The summed E-state index contributed by atoms with van der Waals surface area (Å²) in [5.41, 5.74) is 6.54. The minimum atomic E-state index is 0.462. The summed E-state index contributed by atoms with van der Waals surface area (Å²) in [4.78, 5) is 0. The van der Waals surface area contributed by atoms with Crippen LogP contribution in [-0.4, -0.2) is 19.2 Å². The van der Waals surface area contributed by atoms with Gasteiger partial charge in [0, 0.05) is 18.3 Å². The lowest BCUT2D eigenvalue weighted by Gasteiger charge is -2.08. The smallest absolute Gasteiger partial charge is 0.121 e. The normalized spacial score (nSPS) is 15.0. The zero-order valence-electron chi connectivity index (χ0n) is 8.91. The van der Waals surface area contributed by atoms with E-state index in [4.69, 9.17) is 10.5 Å². The van der Waals surface area contributed by atoms with Gasteiger partial charge in [0.15, 0.2) is 0 Å². The quantitative estimate of drug-likeness (QED) is 0.700. The molecule has 0 unspecified atom stereocenters. The summed E-state index contributed by atoms with van der Waals surface area (Å²) < 4.78 is 5.71. The topological polar surface area (TPSA) is 47.3 Å². The van der Waals surface area contributed by atoms with E-state index >= 15 is 0 Å². The number of anilines is 1. The fourth-order valence-electron chi connectivity index (χ4n) is 1.39. The van der Waals surface area contributed by atoms with Gasteiger partial charge in [0.25, 0.3) is 0 Å². The van der Waals surface area contributed by atoms with Gasteiger partial charge in [-0.2, -0.15) is 0 Å². The van der Waals surface area contributed by atoms with Crippen molar-refractivity contribution in [1.82, 2.24) is 0 Å². The zero-order valence-corrected chi connectivity index (χ0v) is 8.91. The van der Waals surface area contributed by atoms with E-state index in [-0.39, 0.29) is 0 Å². The van der Waals surface area contributed by atoms with Crippen LogP contribution < -0.4 is 15.8 Å². The van der Waals surface area contributed by atoms with Crippen molar-refractivity contribution in [2.45, 2.75) is 25.4 Å². The molecule has 0 saturated heterocycles. The maximum atomic E-state index is 5.71. The van der Waals surface area contributed by atoms with Crippen LogP contribution in [0.15, 0.2) is 24.3 Å². The van der Waals surface area contributed by atoms with Gasteiger partial charge < -0.3 is 15.8 Å². The van der Waals surface area contributed by atoms with Crippen LogP contribution in [0.2, 0.25) is 0 Å². The minimum Gasteiger partial charge on any atom is -0.490 e. The second kappa shape index (κ2) is 5.03. The molecule has 82 valence electrons. The van der Waals surface area contributed by atoms with E-state index in [1.54, 1.807) is 0 Å². The predicted octanol–water partition coefficient (Wildman–Crippen LogP) is 1.99. The molecule has 0 radical (unpaired) electrons. The second-order valence-electron chi connectivity index (χ2n) is 3.91. The number of hydrogen-bond donors (Lipinski definition) is 2. The first-order valence-electron chi connectivity index (χ1n) is 5.59. The molecule has 1 aromatic carbocycles. The first-order valence-corrected chi connectivity index (χ1v) is 5.59. The third-order valence-electron chi connectivity index (χ3n) is 2.37. The SMILES string of the molecule is NCCCNc1cccc(OC2CC2)c1. The summed E-state index contributed by atoms with van der Waals surface area (Å²) in [5, 5.41) is 3.32. The first-order chi connectivity index (χ1) is 7.38. The van der Waals surface area contributed by atoms with Gasteiger partial charge in [-0.05, 0) is 37.9 Å². The van der Waals surface area contributed by atoms with E-state index in [2.05, 4.69) is 17.4 Å². The molecular formula is C12H18N2O. The second-order valence-corrected chi connectivity index (χ2v) is 3.91. The molecule has 0 bridgehead atoms. The summed E-state index contributed by atoms with van der Waals surface area (Å²) in [7, 11) is 0. The molecule has 1 aliphatic rings. The molecule has 3 N–H and O–H groups in total. The Balaban J connectivity index is 1.86. The molecule has 0 atom stereocenters. The Bertz CT molecular complexity index is 310. The Labute approximate surface area is 90.6 Å². The molecule has 1 saturated carbocycles. The Morgan fingerprint density at radius 1 is 1.40 bits per heavy atom. The van der Waals surface area contributed by atoms with Crippen LogP contribution in [0.4, 0.5) is 5.69 Å². The van der Waals surface area contributed by atoms with E-state index in [1.807, 2.05) is 12.1 Å². The van der Waals surface area contributed by atoms with Crippen LogP contribution in [0.3, 0.4) is 0 Å². The van der Waals surface area contributed by atoms with Gasteiger partial charge in [0.1, 0.15) is 5.75 Å². The van der Waals surface area contributed by atoms with Crippen molar-refractivity contribution in [3.05, 3.63) is 24.3 Å². The molecule has 0 heterocycles. The van der Waals surface area contributed by atoms with Crippen molar-refractivity contribution < 1.29 is 4.74 Å². The fraction of sp³-hybridized carbons (Fsp3) is 0.500. The minimum absolute atomic E-state index is 0.462. The molecule has 0 amide bonds. The van der Waals surface area contributed by atoms with Gasteiger partial charge in [0.2, 0.25) is 0 Å². The van der Waals surface area contributed by atoms with E-state index in [1.165, 1.54) is 12.8 Å². The van der Waals surface area contributed by atoms with Crippen molar-refractivity contribution in [2.24, 2.45) is 5.73 Å². The highest BCUT2D eigenvalue weighted by atomic mass is 16.5. The van der Waals surface area contributed by atoms with Gasteiger partial charge in [0.05, 0.1) is 6.10 Å². The number of nitrogens with one attached hydrogen (secondary N) is 1. The van der Waals surface area contributed by atoms with Gasteiger partial charge >= 0.3 is 0 Å². The fourth-order valence-corrected chi connectivity index (χ4v) is 1.39. The van der Waals surface area contributed by atoms with E-state index in [9.17, 15) is 0 Å². The van der Waals surface area contributed by atoms with Crippen LogP contribution in [0, 0.1) is 0 Å². The standard InChI is InChI=1S/C12H18N2O/c13-7-2-8-14-10-3-1-4-12(9-10)15-11-5-6-11/h1,3-4,9,11,14H,2,5-8,13H2. The average Bonchev–Trinajstić information content (AvgIpc) is 3.03. The number of nitrogens with two attached hydrogens (primary N) is 1. The molecule has 0 spiro atoms. The van der Waals surface area contributed by atoms with Crippen molar-refractivity contribution >= 4 is 5.69 Å². The summed E-state index contributed by atoms with van der Waals surface area (Å²) in [6.07, 6.45) is 3.85. The Kier molecular flexibility index (Phi) is 3.45. The molecule has 3 heteroatoms. The molecule has 0 aromatic heterocycles. The summed E-state index contributed by atoms with van der Waals surface area (Å²) in [5.74, 6) is 0.968. The summed E-state index contributed by atoms with van der Waals surface area (Å²) in [6.45, 7) is 1.65. The zero-order chi connectivity index (χ0) is 10.5. The Morgan fingerprint density at radius 2 is 2.27 bits per heavy atom. The predicted molar refractivity (Wildman–Crippen MR) is 62.3 cm³/mol. The van der Waals surface area contributed by atoms with E-state index < -0.39 is 0 Å². The van der Waals surface area contributed by atoms with Crippen LogP contribution in [-0.2, 0) is 0 Å². The highest BCUT2D eigenvalue weighted by Crippen LogP contribution is 2.27. The molecular weight excluding hydrogens is 188 g/mol. The molecule has 3 nitrogen and oxygen atoms in total. The van der Waals surface area contributed by atoms with Gasteiger partial charge in [-0.25, -0.2) is 0 Å². The number of rotatable bonds is 6. The molecule has 1 aliphatic carbocycles. The van der Waals surface area contributed by atoms with Gasteiger partial charge in [-0.15, -0.1) is 0 Å². The van der Waals surface area contributed by atoms with Crippen molar-refractivity contribution in [3.8, 4) is 5.75 Å². The number of ether oxygens (including phenoxy) is 1. The van der Waals surface area contributed by atoms with Crippen LogP contribution in [0.25, 0.3) is 0 Å². The Morgan fingerprint density at radius 3 is 3.00 bits per heavy atom. The van der Waals surface area contributed by atoms with Crippen LogP contribution in [0.1, 0.15) is 19.3 Å². The lowest BCUT2D eigenvalue weighted by atomic mass is 10.3. The maximum absolute atomic E-state index is 5.71. The average molecular weight is 206 g/mol. The van der Waals surface area contributed by atoms with Gasteiger partial charge in [-0.3, -0.25) is 0 Å². The third-order valence-corrected chi connectivity index (χ3v) is 2.37. The largest absolute Gasteiger partial charge is 0.490 e. The number of hydrogen-bond acceptors (Lipinski definition) is 3. The van der Waals surface area contributed by atoms with Crippen LogP contribution in [0.5, 0.6) is 5.75 Å². The number of benzene rings is 1. The van der Waals surface area contributed by atoms with Gasteiger partial charge in [-0.1, -0.05) is 6.07 Å². The Hall–Kier alpha value is -1.22. The highest BCUT2D eigenvalue weighted by molar-refractivity contribution is 5.48. The lowest BCUT2D eigenvalue weighted by Crippen LogP contribution is -2.08. The lowest BCUT2D eigenvalue weighted by molar-refractivity contribution is 0.303. The first kappa shape index (κ1) is 10.3. The maximum Gasteiger partial charge on any atom is 0.121 e. The summed E-state index contributed by atoms with van der Waals surface area (Å²) in [6, 6.07) is 8.13. The molecule has 1 aromatic rings. The monoisotopic (exact) mass is 206 g/mol. The highest BCUT2D eigenvalue weighted by Gasteiger charge is 2.23. The molecule has 0 aliphatic heterocycles. The van der Waals surface area contributed by atoms with E-state index in [0.29, 0.717) is 6.10 Å². The molecule has 1 fully saturated rings. The van der Waals surface area contributed by atoms with E-state index in [0.717, 1.165) is 30.9 Å². The van der Waals surface area contributed by atoms with Crippen molar-refractivity contribution in [2.75, 3.05) is 18.4 Å². The van der Waals surface area contributed by atoms with Crippen molar-refractivity contribution in [1.29, 1.82) is 0 Å². The molecule has 15 heavy (non-hydrogen) atoms.